The molecule has 5 heteroatoms. The third kappa shape index (κ3) is 3.64. The molecule has 0 aromatic heterocycles. The van der Waals surface area contributed by atoms with Gasteiger partial charge in [-0.3, -0.25) is 0 Å². The van der Waals surface area contributed by atoms with E-state index in [2.05, 4.69) is 0 Å². The maximum absolute atomic E-state index is 12.0. The molecular formula is C11H15F3N2. The van der Waals surface area contributed by atoms with Crippen LogP contribution in [0.15, 0.2) is 18.2 Å². The minimum absolute atomic E-state index is 0.0474. The largest absolute Gasteiger partial charge is 0.399 e. The number of halogens is 3. The number of hydrogen-bond donors (Lipinski definition) is 1. The van der Waals surface area contributed by atoms with Gasteiger partial charge in [-0.15, -0.1) is 0 Å². The van der Waals surface area contributed by atoms with Crippen molar-refractivity contribution in [3.8, 4) is 0 Å². The Morgan fingerprint density at radius 2 is 1.94 bits per heavy atom. The first-order chi connectivity index (χ1) is 7.29. The summed E-state index contributed by atoms with van der Waals surface area (Å²) in [4.78, 5) is 1.59. The fraction of sp³-hybridized carbons (Fsp3) is 0.455. The van der Waals surface area contributed by atoms with Crippen LogP contribution in [0.4, 0.5) is 24.5 Å². The summed E-state index contributed by atoms with van der Waals surface area (Å²) in [5.74, 6) is 0. The van der Waals surface area contributed by atoms with Crippen LogP contribution in [-0.4, -0.2) is 19.8 Å². The average molecular weight is 232 g/mol. The first-order valence-electron chi connectivity index (χ1n) is 4.93. The molecule has 0 spiro atoms. The molecule has 0 radical (unpaired) electrons. The van der Waals surface area contributed by atoms with Crippen LogP contribution in [0.1, 0.15) is 12.0 Å². The Hall–Kier alpha value is -1.39. The fourth-order valence-electron chi connectivity index (χ4n) is 1.52. The number of nitrogens with zero attached hydrogens (tertiary/aromatic N) is 1. The van der Waals surface area contributed by atoms with E-state index in [-0.39, 0.29) is 6.54 Å². The van der Waals surface area contributed by atoms with Crippen LogP contribution >= 0.6 is 0 Å². The van der Waals surface area contributed by atoms with Gasteiger partial charge < -0.3 is 10.6 Å². The molecule has 0 bridgehead atoms. The second kappa shape index (κ2) is 4.63. The minimum Gasteiger partial charge on any atom is -0.399 e. The number of hydrogen-bond acceptors (Lipinski definition) is 2. The lowest BCUT2D eigenvalue weighted by Gasteiger charge is -2.22. The lowest BCUT2D eigenvalue weighted by Crippen LogP contribution is -2.24. The highest BCUT2D eigenvalue weighted by atomic mass is 19.4. The molecule has 0 atom stereocenters. The molecule has 2 nitrogen and oxygen atoms in total. The molecule has 0 aliphatic heterocycles. The molecule has 1 aromatic carbocycles. The maximum Gasteiger partial charge on any atom is 0.390 e. The van der Waals surface area contributed by atoms with Crippen molar-refractivity contribution < 1.29 is 13.2 Å². The number of alkyl halides is 3. The summed E-state index contributed by atoms with van der Waals surface area (Å²) >= 11 is 0. The number of anilines is 2. The molecule has 0 saturated heterocycles. The van der Waals surface area contributed by atoms with E-state index in [1.807, 2.05) is 6.92 Å². The molecule has 1 rings (SSSR count). The summed E-state index contributed by atoms with van der Waals surface area (Å²) in [6.07, 6.45) is -4.93. The van der Waals surface area contributed by atoms with Crippen molar-refractivity contribution in [2.45, 2.75) is 19.5 Å². The number of aryl methyl sites for hydroxylation is 1. The van der Waals surface area contributed by atoms with E-state index in [0.29, 0.717) is 5.69 Å². The number of rotatable bonds is 3. The van der Waals surface area contributed by atoms with E-state index in [1.54, 1.807) is 30.1 Å². The molecule has 0 amide bonds. The first kappa shape index (κ1) is 12.7. The van der Waals surface area contributed by atoms with Gasteiger partial charge in [-0.05, 0) is 30.7 Å². The zero-order valence-electron chi connectivity index (χ0n) is 9.30. The molecular weight excluding hydrogens is 217 g/mol. The van der Waals surface area contributed by atoms with Gasteiger partial charge in [-0.2, -0.15) is 13.2 Å². The zero-order valence-corrected chi connectivity index (χ0v) is 9.30. The van der Waals surface area contributed by atoms with Gasteiger partial charge in [0.15, 0.2) is 0 Å². The van der Waals surface area contributed by atoms with E-state index in [9.17, 15) is 13.2 Å². The number of nitrogens with two attached hydrogens (primary N) is 1. The molecule has 0 fully saturated rings. The molecule has 0 heterocycles. The third-order valence-electron chi connectivity index (χ3n) is 2.36. The summed E-state index contributed by atoms with van der Waals surface area (Å²) in [7, 11) is 1.64. The lowest BCUT2D eigenvalue weighted by atomic mass is 10.1. The van der Waals surface area contributed by atoms with Crippen LogP contribution in [0.25, 0.3) is 0 Å². The van der Waals surface area contributed by atoms with Crippen LogP contribution in [-0.2, 0) is 0 Å². The van der Waals surface area contributed by atoms with Crippen molar-refractivity contribution in [1.82, 2.24) is 0 Å². The molecule has 16 heavy (non-hydrogen) atoms. The van der Waals surface area contributed by atoms with Crippen molar-refractivity contribution >= 4 is 11.4 Å². The van der Waals surface area contributed by atoms with Crippen LogP contribution in [0, 0.1) is 6.92 Å². The molecule has 90 valence electrons. The highest BCUT2D eigenvalue weighted by molar-refractivity contribution is 5.58. The van der Waals surface area contributed by atoms with Crippen LogP contribution < -0.4 is 10.6 Å². The SMILES string of the molecule is Cc1cc(N)ccc1N(C)CCC(F)(F)F. The molecule has 0 unspecified atom stereocenters. The Labute approximate surface area is 92.9 Å². The van der Waals surface area contributed by atoms with Gasteiger partial charge >= 0.3 is 6.18 Å². The van der Waals surface area contributed by atoms with Crippen LogP contribution in [0.2, 0.25) is 0 Å². The fourth-order valence-corrected chi connectivity index (χ4v) is 1.52. The monoisotopic (exact) mass is 232 g/mol. The second-order valence-corrected chi connectivity index (χ2v) is 3.83. The van der Waals surface area contributed by atoms with Gasteiger partial charge in [0.2, 0.25) is 0 Å². The molecule has 1 aromatic rings. The van der Waals surface area contributed by atoms with Gasteiger partial charge in [0, 0.05) is 25.0 Å². The van der Waals surface area contributed by atoms with E-state index in [4.69, 9.17) is 5.73 Å². The van der Waals surface area contributed by atoms with Crippen molar-refractivity contribution in [3.05, 3.63) is 23.8 Å². The maximum atomic E-state index is 12.0. The predicted molar refractivity (Wildman–Crippen MR) is 59.5 cm³/mol. The smallest absolute Gasteiger partial charge is 0.390 e. The van der Waals surface area contributed by atoms with E-state index in [1.165, 1.54) is 0 Å². The number of nitrogen functional groups attached to an aromatic ring is 1. The predicted octanol–water partition coefficient (Wildman–Crippen LogP) is 2.97. The van der Waals surface area contributed by atoms with E-state index >= 15 is 0 Å². The normalized spacial score (nSPS) is 11.6. The van der Waals surface area contributed by atoms with Crippen molar-refractivity contribution in [2.75, 3.05) is 24.2 Å². The Morgan fingerprint density at radius 1 is 1.31 bits per heavy atom. The van der Waals surface area contributed by atoms with Crippen molar-refractivity contribution in [2.24, 2.45) is 0 Å². The Bertz CT molecular complexity index is 361. The highest BCUT2D eigenvalue weighted by Crippen LogP contribution is 2.24. The van der Waals surface area contributed by atoms with Gasteiger partial charge in [-0.25, -0.2) is 0 Å². The quantitative estimate of drug-likeness (QED) is 0.812. The summed E-state index contributed by atoms with van der Waals surface area (Å²) in [5, 5.41) is 0. The Balaban J connectivity index is 2.70. The van der Waals surface area contributed by atoms with Gasteiger partial charge in [-0.1, -0.05) is 0 Å². The van der Waals surface area contributed by atoms with Gasteiger partial charge in [0.25, 0.3) is 0 Å². The Kier molecular flexibility index (Phi) is 3.67. The summed E-state index contributed by atoms with van der Waals surface area (Å²) < 4.78 is 36.1. The van der Waals surface area contributed by atoms with E-state index in [0.717, 1.165) is 11.3 Å². The molecule has 0 saturated carbocycles. The summed E-state index contributed by atoms with van der Waals surface area (Å²) in [6.45, 7) is 1.78. The highest BCUT2D eigenvalue weighted by Gasteiger charge is 2.27. The van der Waals surface area contributed by atoms with Crippen LogP contribution in [0.5, 0.6) is 0 Å². The van der Waals surface area contributed by atoms with Crippen molar-refractivity contribution in [3.63, 3.8) is 0 Å². The minimum atomic E-state index is -4.12. The molecule has 2 N–H and O–H groups in total. The second-order valence-electron chi connectivity index (χ2n) is 3.83. The summed E-state index contributed by atoms with van der Waals surface area (Å²) in [6, 6.07) is 5.17. The van der Waals surface area contributed by atoms with Crippen molar-refractivity contribution in [1.29, 1.82) is 0 Å². The molecule has 0 aliphatic rings. The average Bonchev–Trinajstić information content (AvgIpc) is 2.13. The molecule has 0 aliphatic carbocycles. The van der Waals surface area contributed by atoms with Gasteiger partial charge in [0.1, 0.15) is 0 Å². The first-order valence-corrected chi connectivity index (χ1v) is 4.93. The number of benzene rings is 1. The van der Waals surface area contributed by atoms with Crippen LogP contribution in [0.3, 0.4) is 0 Å². The lowest BCUT2D eigenvalue weighted by molar-refractivity contribution is -0.132. The Morgan fingerprint density at radius 3 is 2.44 bits per heavy atom. The van der Waals surface area contributed by atoms with Gasteiger partial charge in [0.05, 0.1) is 6.42 Å². The standard InChI is InChI=1S/C11H15F3N2/c1-8-7-9(15)3-4-10(8)16(2)6-5-11(12,13)14/h3-4,7H,5-6,15H2,1-2H3. The third-order valence-corrected chi connectivity index (χ3v) is 2.36. The summed E-state index contributed by atoms with van der Waals surface area (Å²) in [5.41, 5.74) is 7.84. The zero-order chi connectivity index (χ0) is 12.3. The topological polar surface area (TPSA) is 29.3 Å². The van der Waals surface area contributed by atoms with E-state index < -0.39 is 12.6 Å².